The first-order valence-electron chi connectivity index (χ1n) is 7.64. The second-order valence-corrected chi connectivity index (χ2v) is 8.18. The van der Waals surface area contributed by atoms with E-state index in [1.54, 1.807) is 20.8 Å². The van der Waals surface area contributed by atoms with Crippen molar-refractivity contribution in [2.45, 2.75) is 31.3 Å². The molecule has 0 bridgehead atoms. The molecule has 1 aromatic carbocycles. The van der Waals surface area contributed by atoms with E-state index >= 15 is 0 Å². The lowest BCUT2D eigenvalue weighted by atomic mass is 10.2. The van der Waals surface area contributed by atoms with Gasteiger partial charge in [-0.25, -0.2) is 13.1 Å². The van der Waals surface area contributed by atoms with E-state index in [0.717, 1.165) is 0 Å². The number of amides is 1. The standard InChI is InChI=1S/C17H24N2O5S/c1-6-10-18-25(22,23)14-9-7-8-13(11-14)16(21)19(5)12-15(20)24-17(2,3)4/h6-9,11,18H,1,10,12H2,2-5H3. The van der Waals surface area contributed by atoms with Gasteiger partial charge in [0.1, 0.15) is 12.1 Å². The number of nitrogens with zero attached hydrogens (tertiary/aromatic N) is 1. The van der Waals surface area contributed by atoms with Gasteiger partial charge in [-0.1, -0.05) is 12.1 Å². The molecule has 0 atom stereocenters. The Morgan fingerprint density at radius 3 is 2.52 bits per heavy atom. The highest BCUT2D eigenvalue weighted by atomic mass is 32.2. The molecule has 1 rings (SSSR count). The maximum Gasteiger partial charge on any atom is 0.326 e. The number of hydrogen-bond acceptors (Lipinski definition) is 5. The number of nitrogens with one attached hydrogen (secondary N) is 1. The molecule has 0 unspecified atom stereocenters. The molecular weight excluding hydrogens is 344 g/mol. The molecular formula is C17H24N2O5S. The molecule has 0 aliphatic carbocycles. The Kier molecular flexibility index (Phi) is 6.89. The summed E-state index contributed by atoms with van der Waals surface area (Å²) in [7, 11) is -2.29. The van der Waals surface area contributed by atoms with Crippen molar-refractivity contribution in [2.24, 2.45) is 0 Å². The van der Waals surface area contributed by atoms with Gasteiger partial charge in [-0.2, -0.15) is 0 Å². The number of carbonyl (C=O) groups is 2. The van der Waals surface area contributed by atoms with Crippen LogP contribution in [-0.4, -0.2) is 50.9 Å². The van der Waals surface area contributed by atoms with Crippen LogP contribution in [0.25, 0.3) is 0 Å². The third kappa shape index (κ3) is 6.67. The Morgan fingerprint density at radius 2 is 1.96 bits per heavy atom. The normalized spacial score (nSPS) is 11.7. The van der Waals surface area contributed by atoms with E-state index in [2.05, 4.69) is 11.3 Å². The van der Waals surface area contributed by atoms with Gasteiger partial charge in [0.2, 0.25) is 10.0 Å². The molecule has 25 heavy (non-hydrogen) atoms. The van der Waals surface area contributed by atoms with Gasteiger partial charge in [0.15, 0.2) is 0 Å². The molecule has 0 saturated carbocycles. The molecule has 1 aromatic rings. The van der Waals surface area contributed by atoms with Crippen molar-refractivity contribution in [1.82, 2.24) is 9.62 Å². The fourth-order valence-corrected chi connectivity index (χ4v) is 2.95. The third-order valence-electron chi connectivity index (χ3n) is 2.94. The predicted molar refractivity (Wildman–Crippen MR) is 94.6 cm³/mol. The van der Waals surface area contributed by atoms with Crippen molar-refractivity contribution in [1.29, 1.82) is 0 Å². The molecule has 0 aliphatic rings. The van der Waals surface area contributed by atoms with E-state index < -0.39 is 27.5 Å². The molecule has 0 radical (unpaired) electrons. The summed E-state index contributed by atoms with van der Waals surface area (Å²) in [5.74, 6) is -1.02. The largest absolute Gasteiger partial charge is 0.459 e. The molecule has 0 aromatic heterocycles. The summed E-state index contributed by atoms with van der Waals surface area (Å²) in [5, 5.41) is 0. The summed E-state index contributed by atoms with van der Waals surface area (Å²) in [6.45, 7) is 8.50. The first kappa shape index (κ1) is 20.9. The first-order valence-corrected chi connectivity index (χ1v) is 9.12. The van der Waals surface area contributed by atoms with Crippen LogP contribution in [0.2, 0.25) is 0 Å². The number of benzene rings is 1. The number of hydrogen-bond donors (Lipinski definition) is 1. The minimum absolute atomic E-state index is 0.0362. The Labute approximate surface area is 148 Å². The summed E-state index contributed by atoms with van der Waals surface area (Å²) < 4.78 is 31.7. The number of carbonyl (C=O) groups excluding carboxylic acids is 2. The van der Waals surface area contributed by atoms with Crippen molar-refractivity contribution in [3.63, 3.8) is 0 Å². The van der Waals surface area contributed by atoms with E-state index in [1.807, 2.05) is 0 Å². The van der Waals surface area contributed by atoms with Crippen molar-refractivity contribution < 1.29 is 22.7 Å². The third-order valence-corrected chi connectivity index (χ3v) is 4.36. The zero-order valence-corrected chi connectivity index (χ0v) is 15.7. The fraction of sp³-hybridized carbons (Fsp3) is 0.412. The van der Waals surface area contributed by atoms with E-state index in [-0.39, 0.29) is 23.5 Å². The average Bonchev–Trinajstić information content (AvgIpc) is 2.50. The van der Waals surface area contributed by atoms with Crippen LogP contribution in [0.3, 0.4) is 0 Å². The minimum atomic E-state index is -3.73. The van der Waals surface area contributed by atoms with Crippen LogP contribution >= 0.6 is 0 Å². The minimum Gasteiger partial charge on any atom is -0.459 e. The van der Waals surface area contributed by atoms with Gasteiger partial charge in [0.25, 0.3) is 5.91 Å². The summed E-state index contributed by atoms with van der Waals surface area (Å²) >= 11 is 0. The maximum absolute atomic E-state index is 12.4. The zero-order chi connectivity index (χ0) is 19.3. The van der Waals surface area contributed by atoms with Crippen molar-refractivity contribution >= 4 is 21.9 Å². The Hall–Kier alpha value is -2.19. The van der Waals surface area contributed by atoms with Gasteiger partial charge in [-0.05, 0) is 39.0 Å². The molecule has 1 amide bonds. The Morgan fingerprint density at radius 1 is 1.32 bits per heavy atom. The molecule has 0 saturated heterocycles. The monoisotopic (exact) mass is 368 g/mol. The lowest BCUT2D eigenvalue weighted by molar-refractivity contribution is -0.155. The van der Waals surface area contributed by atoms with E-state index in [9.17, 15) is 18.0 Å². The zero-order valence-electron chi connectivity index (χ0n) is 14.9. The lowest BCUT2D eigenvalue weighted by Crippen LogP contribution is -2.36. The van der Waals surface area contributed by atoms with Gasteiger partial charge < -0.3 is 9.64 Å². The van der Waals surface area contributed by atoms with Crippen LogP contribution in [0.5, 0.6) is 0 Å². The summed E-state index contributed by atoms with van der Waals surface area (Å²) in [4.78, 5) is 25.4. The molecule has 7 nitrogen and oxygen atoms in total. The molecule has 0 fully saturated rings. The number of esters is 1. The van der Waals surface area contributed by atoms with Gasteiger partial charge in [-0.3, -0.25) is 9.59 Å². The molecule has 138 valence electrons. The Bertz CT molecular complexity index is 751. The lowest BCUT2D eigenvalue weighted by Gasteiger charge is -2.22. The molecule has 0 spiro atoms. The highest BCUT2D eigenvalue weighted by Gasteiger charge is 2.22. The van der Waals surface area contributed by atoms with Crippen LogP contribution in [0.4, 0.5) is 0 Å². The van der Waals surface area contributed by atoms with E-state index in [0.29, 0.717) is 0 Å². The van der Waals surface area contributed by atoms with Crippen LogP contribution in [-0.2, 0) is 19.6 Å². The topological polar surface area (TPSA) is 92.8 Å². The highest BCUT2D eigenvalue weighted by molar-refractivity contribution is 7.89. The number of sulfonamides is 1. The molecule has 0 heterocycles. The van der Waals surface area contributed by atoms with Gasteiger partial charge in [0.05, 0.1) is 4.90 Å². The number of ether oxygens (including phenoxy) is 1. The maximum atomic E-state index is 12.4. The van der Waals surface area contributed by atoms with Crippen LogP contribution < -0.4 is 4.72 Å². The second kappa shape index (κ2) is 8.26. The van der Waals surface area contributed by atoms with Crippen molar-refractivity contribution in [2.75, 3.05) is 20.1 Å². The predicted octanol–water partition coefficient (Wildman–Crippen LogP) is 1.56. The SMILES string of the molecule is C=CCNS(=O)(=O)c1cccc(C(=O)N(C)CC(=O)OC(C)(C)C)c1. The van der Waals surface area contributed by atoms with Gasteiger partial charge in [-0.15, -0.1) is 6.58 Å². The molecule has 1 N–H and O–H groups in total. The van der Waals surface area contributed by atoms with Crippen LogP contribution in [0.1, 0.15) is 31.1 Å². The molecule has 0 aliphatic heterocycles. The van der Waals surface area contributed by atoms with Gasteiger partial charge in [0, 0.05) is 19.2 Å². The van der Waals surface area contributed by atoms with Crippen LogP contribution in [0, 0.1) is 0 Å². The van der Waals surface area contributed by atoms with Crippen molar-refractivity contribution in [3.8, 4) is 0 Å². The van der Waals surface area contributed by atoms with Crippen LogP contribution in [0.15, 0.2) is 41.8 Å². The van der Waals surface area contributed by atoms with Crippen molar-refractivity contribution in [3.05, 3.63) is 42.5 Å². The Balaban J connectivity index is 2.90. The van der Waals surface area contributed by atoms with E-state index in [1.165, 1.54) is 42.3 Å². The highest BCUT2D eigenvalue weighted by Crippen LogP contribution is 2.13. The fourth-order valence-electron chi connectivity index (χ4n) is 1.91. The first-order chi connectivity index (χ1) is 11.5. The smallest absolute Gasteiger partial charge is 0.326 e. The summed E-state index contributed by atoms with van der Waals surface area (Å²) in [6.07, 6.45) is 1.42. The quantitative estimate of drug-likeness (QED) is 0.582. The van der Waals surface area contributed by atoms with Gasteiger partial charge >= 0.3 is 5.97 Å². The summed E-state index contributed by atoms with van der Waals surface area (Å²) in [6, 6.07) is 5.60. The number of rotatable bonds is 7. The average molecular weight is 368 g/mol. The number of likely N-dealkylation sites (N-methyl/N-ethyl adjacent to an activating group) is 1. The molecule has 8 heteroatoms. The van der Waals surface area contributed by atoms with E-state index in [4.69, 9.17) is 4.74 Å². The summed E-state index contributed by atoms with van der Waals surface area (Å²) in [5.41, 5.74) is -0.487. The second-order valence-electron chi connectivity index (χ2n) is 6.42.